The van der Waals surface area contributed by atoms with Crippen molar-refractivity contribution in [2.45, 2.75) is 38.1 Å². The normalized spacial score (nSPS) is 16.7. The first-order valence-electron chi connectivity index (χ1n) is 6.63. The van der Waals surface area contributed by atoms with Crippen LogP contribution in [-0.2, 0) is 0 Å². The molecule has 2 aromatic rings. The number of nitrogens with zero attached hydrogens (tertiary/aromatic N) is 3. The number of nitrogens with one attached hydrogen (secondary N) is 1. The van der Waals surface area contributed by atoms with E-state index in [9.17, 15) is 0 Å². The smallest absolute Gasteiger partial charge is 0.207 e. The first-order valence-corrected chi connectivity index (χ1v) is 6.63. The number of rotatable bonds is 3. The van der Waals surface area contributed by atoms with E-state index in [1.165, 1.54) is 32.1 Å². The highest BCUT2D eigenvalue weighted by Gasteiger charge is 2.17. The van der Waals surface area contributed by atoms with E-state index in [1.54, 1.807) is 6.20 Å². The summed E-state index contributed by atoms with van der Waals surface area (Å²) < 4.78 is 2.27. The van der Waals surface area contributed by atoms with E-state index in [2.05, 4.69) is 26.0 Å². The molecule has 0 aromatic carbocycles. The zero-order chi connectivity index (χ0) is 12.2. The molecule has 3 rings (SSSR count). The highest BCUT2D eigenvalue weighted by atomic mass is 15.2. The van der Waals surface area contributed by atoms with Gasteiger partial charge in [-0.25, -0.2) is 4.98 Å². The highest BCUT2D eigenvalue weighted by Crippen LogP contribution is 2.30. The minimum Gasteiger partial charge on any atom is -0.324 e. The first kappa shape index (κ1) is 11.3. The Labute approximate surface area is 107 Å². The Balaban J connectivity index is 1.78. The van der Waals surface area contributed by atoms with Gasteiger partial charge >= 0.3 is 0 Å². The average molecular weight is 242 g/mol. The fraction of sp³-hybridized carbons (Fsp3) is 0.429. The van der Waals surface area contributed by atoms with Gasteiger partial charge in [-0.2, -0.15) is 0 Å². The molecule has 2 heterocycles. The Bertz CT molecular complexity index is 486. The van der Waals surface area contributed by atoms with Crippen LogP contribution in [0.2, 0.25) is 0 Å². The van der Waals surface area contributed by atoms with Gasteiger partial charge in [-0.1, -0.05) is 19.3 Å². The van der Waals surface area contributed by atoms with Crippen LogP contribution in [0.5, 0.6) is 0 Å². The monoisotopic (exact) mass is 242 g/mol. The van der Waals surface area contributed by atoms with Crippen LogP contribution in [0.1, 0.15) is 38.1 Å². The van der Waals surface area contributed by atoms with Crippen LogP contribution in [0.15, 0.2) is 36.9 Å². The van der Waals surface area contributed by atoms with E-state index in [1.807, 2.05) is 24.5 Å². The molecule has 0 radical (unpaired) electrons. The van der Waals surface area contributed by atoms with Crippen LogP contribution in [0.4, 0.5) is 11.6 Å². The van der Waals surface area contributed by atoms with Crippen molar-refractivity contribution in [1.29, 1.82) is 0 Å². The van der Waals surface area contributed by atoms with Crippen molar-refractivity contribution in [2.24, 2.45) is 0 Å². The Morgan fingerprint density at radius 3 is 2.83 bits per heavy atom. The molecule has 0 aliphatic heterocycles. The lowest BCUT2D eigenvalue weighted by Crippen LogP contribution is -2.14. The third kappa shape index (κ3) is 2.37. The van der Waals surface area contributed by atoms with E-state index in [0.717, 1.165) is 11.6 Å². The zero-order valence-electron chi connectivity index (χ0n) is 10.4. The van der Waals surface area contributed by atoms with E-state index >= 15 is 0 Å². The molecule has 1 N–H and O–H groups in total. The molecule has 1 aliphatic carbocycles. The van der Waals surface area contributed by atoms with Gasteiger partial charge in [-0.3, -0.25) is 4.98 Å². The van der Waals surface area contributed by atoms with Crippen molar-refractivity contribution in [3.63, 3.8) is 0 Å². The van der Waals surface area contributed by atoms with Gasteiger partial charge in [0.25, 0.3) is 0 Å². The minimum absolute atomic E-state index is 0.598. The lowest BCUT2D eigenvalue weighted by atomic mass is 9.95. The molecule has 0 spiro atoms. The number of anilines is 2. The number of pyridine rings is 1. The quantitative estimate of drug-likeness (QED) is 0.895. The topological polar surface area (TPSA) is 42.7 Å². The molecule has 94 valence electrons. The first-order chi connectivity index (χ1) is 8.93. The molecule has 0 saturated heterocycles. The summed E-state index contributed by atoms with van der Waals surface area (Å²) in [5, 5.41) is 3.34. The van der Waals surface area contributed by atoms with Crippen molar-refractivity contribution >= 4 is 11.6 Å². The maximum Gasteiger partial charge on any atom is 0.207 e. The van der Waals surface area contributed by atoms with Gasteiger partial charge in [-0.15, -0.1) is 0 Å². The Kier molecular flexibility index (Phi) is 3.26. The summed E-state index contributed by atoms with van der Waals surface area (Å²) in [5.74, 6) is 0.926. The molecule has 1 fully saturated rings. The SMILES string of the molecule is c1cncc(Nc2nccn2C2CCCCC2)c1. The van der Waals surface area contributed by atoms with Crippen molar-refractivity contribution in [3.8, 4) is 0 Å². The summed E-state index contributed by atoms with van der Waals surface area (Å²) in [7, 11) is 0. The Hall–Kier alpha value is -1.84. The number of hydrogen-bond acceptors (Lipinski definition) is 3. The summed E-state index contributed by atoms with van der Waals surface area (Å²) in [5.41, 5.74) is 0.987. The van der Waals surface area contributed by atoms with Gasteiger partial charge in [0.1, 0.15) is 0 Å². The molecule has 1 saturated carbocycles. The lowest BCUT2D eigenvalue weighted by molar-refractivity contribution is 0.356. The summed E-state index contributed by atoms with van der Waals surface area (Å²) in [4.78, 5) is 8.52. The number of aromatic nitrogens is 3. The summed E-state index contributed by atoms with van der Waals surface area (Å²) >= 11 is 0. The van der Waals surface area contributed by atoms with Gasteiger partial charge < -0.3 is 9.88 Å². The molecule has 0 amide bonds. The lowest BCUT2D eigenvalue weighted by Gasteiger charge is -2.24. The van der Waals surface area contributed by atoms with Crippen LogP contribution in [0.25, 0.3) is 0 Å². The Morgan fingerprint density at radius 2 is 2.06 bits per heavy atom. The van der Waals surface area contributed by atoms with Gasteiger partial charge in [-0.05, 0) is 25.0 Å². The van der Waals surface area contributed by atoms with Crippen molar-refractivity contribution < 1.29 is 0 Å². The van der Waals surface area contributed by atoms with Crippen molar-refractivity contribution in [3.05, 3.63) is 36.9 Å². The molecule has 0 atom stereocenters. The van der Waals surface area contributed by atoms with Gasteiger partial charge in [0.2, 0.25) is 5.95 Å². The summed E-state index contributed by atoms with van der Waals surface area (Å²) in [6, 6.07) is 4.53. The average Bonchev–Trinajstić information content (AvgIpc) is 2.89. The van der Waals surface area contributed by atoms with Crippen LogP contribution in [-0.4, -0.2) is 14.5 Å². The van der Waals surface area contributed by atoms with E-state index in [0.29, 0.717) is 6.04 Å². The second kappa shape index (κ2) is 5.21. The van der Waals surface area contributed by atoms with Crippen LogP contribution < -0.4 is 5.32 Å². The maximum absolute atomic E-state index is 4.41. The largest absolute Gasteiger partial charge is 0.324 e. The van der Waals surface area contributed by atoms with Crippen LogP contribution >= 0.6 is 0 Å². The van der Waals surface area contributed by atoms with Crippen molar-refractivity contribution in [2.75, 3.05) is 5.32 Å². The molecule has 4 nitrogen and oxygen atoms in total. The summed E-state index contributed by atoms with van der Waals surface area (Å²) in [6.07, 6.45) is 14.1. The number of hydrogen-bond donors (Lipinski definition) is 1. The molecule has 0 bridgehead atoms. The second-order valence-corrected chi connectivity index (χ2v) is 4.82. The predicted molar refractivity (Wildman–Crippen MR) is 71.9 cm³/mol. The van der Waals surface area contributed by atoms with Crippen LogP contribution in [0.3, 0.4) is 0 Å². The number of imidazole rings is 1. The molecule has 0 unspecified atom stereocenters. The zero-order valence-corrected chi connectivity index (χ0v) is 10.4. The molecular weight excluding hydrogens is 224 g/mol. The fourth-order valence-electron chi connectivity index (χ4n) is 2.63. The van der Waals surface area contributed by atoms with Gasteiger partial charge in [0, 0.05) is 24.6 Å². The molecule has 18 heavy (non-hydrogen) atoms. The Morgan fingerprint density at radius 1 is 1.17 bits per heavy atom. The van der Waals surface area contributed by atoms with Crippen molar-refractivity contribution in [1.82, 2.24) is 14.5 Å². The molecule has 2 aromatic heterocycles. The third-order valence-electron chi connectivity index (χ3n) is 3.55. The second-order valence-electron chi connectivity index (χ2n) is 4.82. The highest BCUT2D eigenvalue weighted by molar-refractivity contribution is 5.51. The van der Waals surface area contributed by atoms with Crippen LogP contribution in [0, 0.1) is 0 Å². The fourth-order valence-corrected chi connectivity index (χ4v) is 2.63. The maximum atomic E-state index is 4.41. The third-order valence-corrected chi connectivity index (χ3v) is 3.55. The molecular formula is C14H18N4. The standard InChI is InChI=1S/C14H18N4/c1-2-6-13(7-3-1)18-10-9-16-14(18)17-12-5-4-8-15-11-12/h4-5,8-11,13H,1-3,6-7H2,(H,16,17). The van der Waals surface area contributed by atoms with Gasteiger partial charge in [0.05, 0.1) is 11.9 Å². The van der Waals surface area contributed by atoms with Gasteiger partial charge in [0.15, 0.2) is 0 Å². The van der Waals surface area contributed by atoms with E-state index in [4.69, 9.17) is 0 Å². The predicted octanol–water partition coefficient (Wildman–Crippen LogP) is 3.53. The summed E-state index contributed by atoms with van der Waals surface area (Å²) in [6.45, 7) is 0. The molecule has 4 heteroatoms. The van der Waals surface area contributed by atoms with E-state index in [-0.39, 0.29) is 0 Å². The minimum atomic E-state index is 0.598. The van der Waals surface area contributed by atoms with E-state index < -0.39 is 0 Å². The molecule has 1 aliphatic rings.